The SMILES string of the molecule is Cc1c(C(=O)NC(Cc2ccccc2)c2nc3ccccc3[nH]2)oc2ccccc12. The van der Waals surface area contributed by atoms with Gasteiger partial charge in [0, 0.05) is 10.9 Å². The van der Waals surface area contributed by atoms with Crippen LogP contribution in [0.3, 0.4) is 0 Å². The van der Waals surface area contributed by atoms with Gasteiger partial charge in [-0.1, -0.05) is 60.7 Å². The highest BCUT2D eigenvalue weighted by molar-refractivity contribution is 5.99. The van der Waals surface area contributed by atoms with Crippen molar-refractivity contribution in [1.82, 2.24) is 15.3 Å². The van der Waals surface area contributed by atoms with Gasteiger partial charge in [-0.25, -0.2) is 4.98 Å². The number of aryl methyl sites for hydroxylation is 1. The second-order valence-electron chi connectivity index (χ2n) is 7.41. The first kappa shape index (κ1) is 18.2. The number of imidazole rings is 1. The molecule has 5 rings (SSSR count). The molecule has 2 heterocycles. The second kappa shape index (κ2) is 7.52. The average molecular weight is 395 g/mol. The van der Waals surface area contributed by atoms with Crippen molar-refractivity contribution in [2.45, 2.75) is 19.4 Å². The van der Waals surface area contributed by atoms with Gasteiger partial charge in [0.05, 0.1) is 17.1 Å². The summed E-state index contributed by atoms with van der Waals surface area (Å²) < 4.78 is 5.86. The summed E-state index contributed by atoms with van der Waals surface area (Å²) in [6.45, 7) is 1.91. The van der Waals surface area contributed by atoms with Crippen molar-refractivity contribution in [1.29, 1.82) is 0 Å². The zero-order valence-electron chi connectivity index (χ0n) is 16.6. The van der Waals surface area contributed by atoms with Crippen LogP contribution < -0.4 is 5.32 Å². The first-order valence-corrected chi connectivity index (χ1v) is 9.96. The number of benzene rings is 3. The molecule has 0 aliphatic heterocycles. The molecule has 2 N–H and O–H groups in total. The van der Waals surface area contributed by atoms with Gasteiger partial charge in [0.15, 0.2) is 5.76 Å². The molecule has 1 unspecified atom stereocenters. The maximum atomic E-state index is 13.2. The Labute approximate surface area is 173 Å². The van der Waals surface area contributed by atoms with Gasteiger partial charge in [0.2, 0.25) is 0 Å². The van der Waals surface area contributed by atoms with Crippen LogP contribution in [0.2, 0.25) is 0 Å². The fourth-order valence-electron chi connectivity index (χ4n) is 3.82. The molecule has 5 heteroatoms. The number of H-pyrrole nitrogens is 1. The van der Waals surface area contributed by atoms with Gasteiger partial charge in [-0.05, 0) is 37.1 Å². The van der Waals surface area contributed by atoms with Gasteiger partial charge in [-0.3, -0.25) is 4.79 Å². The minimum Gasteiger partial charge on any atom is -0.451 e. The van der Waals surface area contributed by atoms with Crippen molar-refractivity contribution in [3.63, 3.8) is 0 Å². The summed E-state index contributed by atoms with van der Waals surface area (Å²) in [5, 5.41) is 4.08. The number of aromatic amines is 1. The lowest BCUT2D eigenvalue weighted by molar-refractivity contribution is 0.0908. The van der Waals surface area contributed by atoms with Crippen molar-refractivity contribution >= 4 is 27.9 Å². The number of nitrogens with zero attached hydrogens (tertiary/aromatic N) is 1. The minimum atomic E-state index is -0.320. The third-order valence-electron chi connectivity index (χ3n) is 5.38. The molecule has 0 aliphatic rings. The number of aromatic nitrogens is 2. The van der Waals surface area contributed by atoms with Crippen LogP contribution in [0.4, 0.5) is 0 Å². The Hall–Kier alpha value is -3.86. The maximum Gasteiger partial charge on any atom is 0.287 e. The average Bonchev–Trinajstić information content (AvgIpc) is 3.36. The molecule has 0 spiro atoms. The number of para-hydroxylation sites is 3. The maximum absolute atomic E-state index is 13.2. The molecule has 1 amide bonds. The van der Waals surface area contributed by atoms with E-state index in [4.69, 9.17) is 9.40 Å². The lowest BCUT2D eigenvalue weighted by atomic mass is 10.0. The highest BCUT2D eigenvalue weighted by Gasteiger charge is 2.24. The Morgan fingerprint density at radius 2 is 1.73 bits per heavy atom. The van der Waals surface area contributed by atoms with E-state index < -0.39 is 0 Å². The van der Waals surface area contributed by atoms with E-state index in [2.05, 4.69) is 10.3 Å². The number of carbonyl (C=O) groups is 1. The molecule has 148 valence electrons. The molecule has 0 saturated heterocycles. The number of rotatable bonds is 5. The molecule has 0 aliphatic carbocycles. The Kier molecular flexibility index (Phi) is 4.56. The number of nitrogens with one attached hydrogen (secondary N) is 2. The molecule has 0 fully saturated rings. The Bertz CT molecular complexity index is 1300. The van der Waals surface area contributed by atoms with Crippen LogP contribution in [0.5, 0.6) is 0 Å². The van der Waals surface area contributed by atoms with E-state index in [1.807, 2.05) is 85.8 Å². The molecule has 2 aromatic heterocycles. The highest BCUT2D eigenvalue weighted by Crippen LogP contribution is 2.26. The van der Waals surface area contributed by atoms with Crippen molar-refractivity contribution in [2.75, 3.05) is 0 Å². The quantitative estimate of drug-likeness (QED) is 0.422. The summed E-state index contributed by atoms with van der Waals surface area (Å²) in [5.41, 5.74) is 4.48. The fourth-order valence-corrected chi connectivity index (χ4v) is 3.82. The van der Waals surface area contributed by atoms with E-state index in [0.717, 1.165) is 33.4 Å². The van der Waals surface area contributed by atoms with Crippen LogP contribution >= 0.6 is 0 Å². The second-order valence-corrected chi connectivity index (χ2v) is 7.41. The van der Waals surface area contributed by atoms with Crippen LogP contribution in [0.1, 0.15) is 33.5 Å². The topological polar surface area (TPSA) is 70.9 Å². The third-order valence-corrected chi connectivity index (χ3v) is 5.38. The van der Waals surface area contributed by atoms with E-state index in [1.54, 1.807) is 0 Å². The van der Waals surface area contributed by atoms with E-state index in [-0.39, 0.29) is 11.9 Å². The molecule has 5 nitrogen and oxygen atoms in total. The largest absolute Gasteiger partial charge is 0.451 e. The number of hydrogen-bond acceptors (Lipinski definition) is 3. The summed E-state index contributed by atoms with van der Waals surface area (Å²) in [7, 11) is 0. The molecule has 3 aromatic carbocycles. The third kappa shape index (κ3) is 3.35. The van der Waals surface area contributed by atoms with Crippen LogP contribution in [-0.2, 0) is 6.42 Å². The van der Waals surface area contributed by atoms with Gasteiger partial charge in [0.1, 0.15) is 11.4 Å². The van der Waals surface area contributed by atoms with E-state index in [1.165, 1.54) is 0 Å². The minimum absolute atomic E-state index is 0.245. The smallest absolute Gasteiger partial charge is 0.287 e. The first-order valence-electron chi connectivity index (χ1n) is 9.96. The number of hydrogen-bond donors (Lipinski definition) is 2. The number of amides is 1. The molecular weight excluding hydrogens is 374 g/mol. The molecule has 0 radical (unpaired) electrons. The predicted molar refractivity (Wildman–Crippen MR) is 117 cm³/mol. The standard InChI is InChI=1S/C25H21N3O2/c1-16-18-11-5-8-14-22(18)30-23(16)25(29)28-21(15-17-9-3-2-4-10-17)24-26-19-12-6-7-13-20(19)27-24/h2-14,21H,15H2,1H3,(H,26,27)(H,28,29). The van der Waals surface area contributed by atoms with E-state index >= 15 is 0 Å². The predicted octanol–water partition coefficient (Wildman–Crippen LogP) is 5.33. The molecule has 30 heavy (non-hydrogen) atoms. The van der Waals surface area contributed by atoms with Gasteiger partial charge < -0.3 is 14.7 Å². The van der Waals surface area contributed by atoms with Gasteiger partial charge in [-0.15, -0.1) is 0 Å². The van der Waals surface area contributed by atoms with Gasteiger partial charge in [0.25, 0.3) is 5.91 Å². The van der Waals surface area contributed by atoms with Crippen LogP contribution in [-0.4, -0.2) is 15.9 Å². The van der Waals surface area contributed by atoms with Crippen LogP contribution in [0, 0.1) is 6.92 Å². The summed E-state index contributed by atoms with van der Waals surface area (Å²) in [4.78, 5) is 21.3. The van der Waals surface area contributed by atoms with Gasteiger partial charge >= 0.3 is 0 Å². The van der Waals surface area contributed by atoms with E-state index in [9.17, 15) is 4.79 Å². The van der Waals surface area contributed by atoms with Gasteiger partial charge in [-0.2, -0.15) is 0 Å². The Morgan fingerprint density at radius 1 is 1.00 bits per heavy atom. The number of fused-ring (bicyclic) bond motifs is 2. The molecule has 5 aromatic rings. The van der Waals surface area contributed by atoms with E-state index in [0.29, 0.717) is 17.8 Å². The molecule has 1 atom stereocenters. The zero-order valence-corrected chi connectivity index (χ0v) is 16.6. The van der Waals surface area contributed by atoms with Crippen molar-refractivity contribution in [3.05, 3.63) is 102 Å². The lowest BCUT2D eigenvalue weighted by Gasteiger charge is -2.16. The van der Waals surface area contributed by atoms with Crippen LogP contribution in [0.25, 0.3) is 22.0 Å². The van der Waals surface area contributed by atoms with Crippen molar-refractivity contribution in [3.8, 4) is 0 Å². The molecular formula is C25H21N3O2. The summed E-state index contributed by atoms with van der Waals surface area (Å²) in [6.07, 6.45) is 0.617. The summed E-state index contributed by atoms with van der Waals surface area (Å²) in [5.74, 6) is 0.817. The number of furan rings is 1. The highest BCUT2D eigenvalue weighted by atomic mass is 16.3. The molecule has 0 bridgehead atoms. The van der Waals surface area contributed by atoms with Crippen molar-refractivity contribution < 1.29 is 9.21 Å². The van der Waals surface area contributed by atoms with Crippen molar-refractivity contribution in [2.24, 2.45) is 0 Å². The first-order chi connectivity index (χ1) is 14.7. The lowest BCUT2D eigenvalue weighted by Crippen LogP contribution is -2.31. The Morgan fingerprint density at radius 3 is 2.53 bits per heavy atom. The summed E-state index contributed by atoms with van der Waals surface area (Å²) >= 11 is 0. The van der Waals surface area contributed by atoms with Crippen LogP contribution in [0.15, 0.2) is 83.3 Å². The fraction of sp³-hybridized carbons (Fsp3) is 0.120. The normalized spacial score (nSPS) is 12.3. The zero-order chi connectivity index (χ0) is 20.5. The Balaban J connectivity index is 1.50. The number of carbonyl (C=O) groups excluding carboxylic acids is 1. The monoisotopic (exact) mass is 395 g/mol. The summed E-state index contributed by atoms with van der Waals surface area (Å²) in [6, 6.07) is 25.3. The molecule has 0 saturated carbocycles.